The lowest BCUT2D eigenvalue weighted by molar-refractivity contribution is 0.0965. The molecule has 1 heterocycles. The van der Waals surface area contributed by atoms with Crippen molar-refractivity contribution in [3.05, 3.63) is 34.9 Å². The van der Waals surface area contributed by atoms with Crippen LogP contribution in [-0.2, 0) is 6.54 Å². The van der Waals surface area contributed by atoms with Crippen molar-refractivity contribution in [1.82, 2.24) is 5.32 Å². The van der Waals surface area contributed by atoms with Crippen molar-refractivity contribution in [3.63, 3.8) is 0 Å². The van der Waals surface area contributed by atoms with Crippen LogP contribution in [0.1, 0.15) is 27.9 Å². The van der Waals surface area contributed by atoms with Crippen molar-refractivity contribution in [2.24, 2.45) is 0 Å². The number of fused-ring (bicyclic) bond motifs is 1. The lowest BCUT2D eigenvalue weighted by Gasteiger charge is -2.00. The van der Waals surface area contributed by atoms with E-state index in [9.17, 15) is 13.6 Å². The number of hydrogen-bond donors (Lipinski definition) is 1. The van der Waals surface area contributed by atoms with Gasteiger partial charge in [-0.25, -0.2) is 8.78 Å². The summed E-state index contributed by atoms with van der Waals surface area (Å²) in [5, 5.41) is 2.57. The molecule has 1 aromatic carbocycles. The van der Waals surface area contributed by atoms with E-state index in [2.05, 4.69) is 5.32 Å². The fourth-order valence-corrected chi connectivity index (χ4v) is 1.37. The van der Waals surface area contributed by atoms with Crippen LogP contribution >= 0.6 is 0 Å². The largest absolute Gasteiger partial charge is 0.348 e. The number of benzene rings is 1. The van der Waals surface area contributed by atoms with Crippen molar-refractivity contribution in [2.75, 3.05) is 0 Å². The van der Waals surface area contributed by atoms with Gasteiger partial charge in [-0.1, -0.05) is 12.1 Å². The molecule has 0 atom stereocenters. The number of carbonyl (C=O) groups excluding carboxylic acids is 1. The summed E-state index contributed by atoms with van der Waals surface area (Å²) in [4.78, 5) is 11.1. The number of hydrogen-bond acceptors (Lipinski definition) is 1. The van der Waals surface area contributed by atoms with Gasteiger partial charge in [0.25, 0.3) is 12.3 Å². The van der Waals surface area contributed by atoms with Crippen LogP contribution in [0, 0.1) is 0 Å². The maximum absolute atomic E-state index is 12.2. The summed E-state index contributed by atoms with van der Waals surface area (Å²) in [5.41, 5.74) is 1.06. The van der Waals surface area contributed by atoms with Gasteiger partial charge in [0.15, 0.2) is 0 Å². The summed E-state index contributed by atoms with van der Waals surface area (Å²) in [6, 6.07) is 4.17. The standard InChI is InChI=1S/C9H7F2NO/c10-8(11)5-1-2-6-4-12-9(13)7(6)3-5/h1-3,8H,4H2,(H,12,13). The molecule has 1 N–H and O–H groups in total. The topological polar surface area (TPSA) is 29.1 Å². The number of carbonyl (C=O) groups is 1. The first-order valence-corrected chi connectivity index (χ1v) is 3.87. The maximum Gasteiger partial charge on any atom is 0.263 e. The second kappa shape index (κ2) is 2.80. The molecule has 1 aromatic rings. The van der Waals surface area contributed by atoms with E-state index < -0.39 is 6.43 Å². The summed E-state index contributed by atoms with van der Waals surface area (Å²) in [7, 11) is 0. The van der Waals surface area contributed by atoms with Gasteiger partial charge in [-0.2, -0.15) is 0 Å². The van der Waals surface area contributed by atoms with Crippen molar-refractivity contribution in [3.8, 4) is 0 Å². The van der Waals surface area contributed by atoms with Crippen molar-refractivity contribution >= 4 is 5.91 Å². The van der Waals surface area contributed by atoms with Crippen molar-refractivity contribution in [1.29, 1.82) is 0 Å². The molecule has 1 amide bonds. The number of rotatable bonds is 1. The van der Waals surface area contributed by atoms with Crippen LogP contribution in [0.15, 0.2) is 18.2 Å². The Hall–Kier alpha value is -1.45. The van der Waals surface area contributed by atoms with Gasteiger partial charge < -0.3 is 5.32 Å². The van der Waals surface area contributed by atoms with Gasteiger partial charge in [-0.15, -0.1) is 0 Å². The monoisotopic (exact) mass is 183 g/mol. The molecular weight excluding hydrogens is 176 g/mol. The molecule has 0 saturated carbocycles. The van der Waals surface area contributed by atoms with Crippen LogP contribution in [0.4, 0.5) is 8.78 Å². The third kappa shape index (κ3) is 1.28. The van der Waals surface area contributed by atoms with Crippen LogP contribution in [0.5, 0.6) is 0 Å². The van der Waals surface area contributed by atoms with Gasteiger partial charge in [0.1, 0.15) is 0 Å². The summed E-state index contributed by atoms with van der Waals surface area (Å²) < 4.78 is 24.5. The zero-order chi connectivity index (χ0) is 9.42. The molecule has 2 rings (SSSR count). The van der Waals surface area contributed by atoms with Crippen LogP contribution in [-0.4, -0.2) is 5.91 Å². The molecule has 13 heavy (non-hydrogen) atoms. The molecule has 1 aliphatic heterocycles. The molecule has 0 spiro atoms. The third-order valence-electron chi connectivity index (χ3n) is 2.07. The number of amides is 1. The molecule has 4 heteroatoms. The van der Waals surface area contributed by atoms with Gasteiger partial charge in [0.2, 0.25) is 0 Å². The summed E-state index contributed by atoms with van der Waals surface area (Å²) >= 11 is 0. The SMILES string of the molecule is O=C1NCc2ccc(C(F)F)cc21. The first-order chi connectivity index (χ1) is 6.18. The molecule has 1 aliphatic rings. The highest BCUT2D eigenvalue weighted by Crippen LogP contribution is 2.23. The van der Waals surface area contributed by atoms with Gasteiger partial charge in [-0.05, 0) is 11.6 Å². The highest BCUT2D eigenvalue weighted by Gasteiger charge is 2.20. The first-order valence-electron chi connectivity index (χ1n) is 3.87. The third-order valence-corrected chi connectivity index (χ3v) is 2.07. The predicted molar refractivity (Wildman–Crippen MR) is 42.6 cm³/mol. The minimum atomic E-state index is -2.52. The predicted octanol–water partition coefficient (Wildman–Crippen LogP) is 1.87. The van der Waals surface area contributed by atoms with E-state index in [0.717, 1.165) is 5.56 Å². The number of halogens is 2. The first kappa shape index (κ1) is 8.16. The Morgan fingerprint density at radius 1 is 1.38 bits per heavy atom. The number of alkyl halides is 2. The van der Waals surface area contributed by atoms with Gasteiger partial charge >= 0.3 is 0 Å². The Morgan fingerprint density at radius 3 is 2.85 bits per heavy atom. The van der Waals surface area contributed by atoms with Gasteiger partial charge in [0, 0.05) is 17.7 Å². The van der Waals surface area contributed by atoms with Crippen LogP contribution in [0.2, 0.25) is 0 Å². The molecule has 0 bridgehead atoms. The molecule has 0 aromatic heterocycles. The molecule has 2 nitrogen and oxygen atoms in total. The van der Waals surface area contributed by atoms with E-state index in [4.69, 9.17) is 0 Å². The smallest absolute Gasteiger partial charge is 0.263 e. The Morgan fingerprint density at radius 2 is 2.15 bits per heavy atom. The Balaban J connectivity index is 2.48. The minimum Gasteiger partial charge on any atom is -0.348 e. The average molecular weight is 183 g/mol. The zero-order valence-electron chi connectivity index (χ0n) is 6.68. The molecule has 0 saturated heterocycles. The summed E-state index contributed by atoms with van der Waals surface area (Å²) in [6.07, 6.45) is -2.52. The van der Waals surface area contributed by atoms with Gasteiger partial charge in [-0.3, -0.25) is 4.79 Å². The quantitative estimate of drug-likeness (QED) is 0.707. The molecule has 0 unspecified atom stereocenters. The van der Waals surface area contributed by atoms with E-state index in [1.54, 1.807) is 6.07 Å². The lowest BCUT2D eigenvalue weighted by Crippen LogP contribution is -2.12. The normalized spacial score (nSPS) is 14.5. The summed E-state index contributed by atoms with van der Waals surface area (Å²) in [5.74, 6) is -0.266. The zero-order valence-corrected chi connectivity index (χ0v) is 6.68. The Bertz CT molecular complexity index is 363. The summed E-state index contributed by atoms with van der Waals surface area (Å²) in [6.45, 7) is 0.442. The van der Waals surface area contributed by atoms with Crippen LogP contribution < -0.4 is 5.32 Å². The van der Waals surface area contributed by atoms with E-state index >= 15 is 0 Å². The van der Waals surface area contributed by atoms with Gasteiger partial charge in [0.05, 0.1) is 0 Å². The molecule has 0 fully saturated rings. The van der Waals surface area contributed by atoms with E-state index in [0.29, 0.717) is 12.1 Å². The second-order valence-corrected chi connectivity index (χ2v) is 2.90. The highest BCUT2D eigenvalue weighted by molar-refractivity contribution is 5.98. The van der Waals surface area contributed by atoms with E-state index in [-0.39, 0.29) is 11.5 Å². The molecule has 0 radical (unpaired) electrons. The maximum atomic E-state index is 12.2. The van der Waals surface area contributed by atoms with Crippen molar-refractivity contribution < 1.29 is 13.6 Å². The van der Waals surface area contributed by atoms with E-state index in [1.165, 1.54) is 12.1 Å². The minimum absolute atomic E-state index is 0.101. The number of nitrogens with one attached hydrogen (secondary N) is 1. The van der Waals surface area contributed by atoms with E-state index in [1.807, 2.05) is 0 Å². The Kier molecular flexibility index (Phi) is 1.76. The molecule has 68 valence electrons. The van der Waals surface area contributed by atoms with Crippen LogP contribution in [0.3, 0.4) is 0 Å². The molecular formula is C9H7F2NO. The van der Waals surface area contributed by atoms with Crippen molar-refractivity contribution in [2.45, 2.75) is 13.0 Å². The Labute approximate surface area is 73.6 Å². The fourth-order valence-electron chi connectivity index (χ4n) is 1.37. The fraction of sp³-hybridized carbons (Fsp3) is 0.222. The average Bonchev–Trinajstić information content (AvgIpc) is 2.47. The second-order valence-electron chi connectivity index (χ2n) is 2.90. The van der Waals surface area contributed by atoms with Crippen LogP contribution in [0.25, 0.3) is 0 Å². The highest BCUT2D eigenvalue weighted by atomic mass is 19.3. The molecule has 0 aliphatic carbocycles. The lowest BCUT2D eigenvalue weighted by atomic mass is 10.1.